The maximum Gasteiger partial charge on any atom is 0.785 e. The Labute approximate surface area is 63.6 Å². The molecule has 3 nitrogen and oxygen atoms in total. The zero-order chi connectivity index (χ0) is 8.10. The standard InChI is InChI=1S/C6H5FO3P/c7-10-11(8)9-6-4-2-1-3-5-6/h1-5H/q+1. The van der Waals surface area contributed by atoms with Gasteiger partial charge in [-0.2, -0.15) is 0 Å². The van der Waals surface area contributed by atoms with Crippen molar-refractivity contribution in [2.24, 2.45) is 0 Å². The predicted molar refractivity (Wildman–Crippen MR) is 36.9 cm³/mol. The van der Waals surface area contributed by atoms with E-state index in [-0.39, 0.29) is 0 Å². The minimum Gasteiger partial charge on any atom is -0.227 e. The summed E-state index contributed by atoms with van der Waals surface area (Å²) in [4.78, 5) is 0. The zero-order valence-corrected chi connectivity index (χ0v) is 6.33. The van der Waals surface area contributed by atoms with Gasteiger partial charge in [0.25, 0.3) is 0 Å². The van der Waals surface area contributed by atoms with E-state index < -0.39 is 8.25 Å². The molecule has 58 valence electrons. The van der Waals surface area contributed by atoms with Crippen molar-refractivity contribution >= 4 is 8.25 Å². The van der Waals surface area contributed by atoms with Gasteiger partial charge in [-0.15, -0.1) is 0 Å². The molecule has 0 bridgehead atoms. The Morgan fingerprint density at radius 2 is 1.91 bits per heavy atom. The molecule has 0 saturated carbocycles. The number of hydrogen-bond donors (Lipinski definition) is 0. The Bertz CT molecular complexity index is 239. The highest BCUT2D eigenvalue weighted by Gasteiger charge is 2.22. The summed E-state index contributed by atoms with van der Waals surface area (Å²) in [6.45, 7) is 0. The number of hydrogen-bond acceptors (Lipinski definition) is 3. The zero-order valence-electron chi connectivity index (χ0n) is 5.44. The highest BCUT2D eigenvalue weighted by molar-refractivity contribution is 7.33. The number of rotatable bonds is 3. The van der Waals surface area contributed by atoms with Crippen molar-refractivity contribution in [3.05, 3.63) is 30.3 Å². The second-order valence-electron chi connectivity index (χ2n) is 1.70. The topological polar surface area (TPSA) is 35.5 Å². The molecule has 1 aromatic rings. The molecule has 0 radical (unpaired) electrons. The van der Waals surface area contributed by atoms with E-state index in [1.165, 1.54) is 0 Å². The van der Waals surface area contributed by atoms with Crippen LogP contribution in [-0.4, -0.2) is 0 Å². The van der Waals surface area contributed by atoms with E-state index in [0.29, 0.717) is 5.75 Å². The van der Waals surface area contributed by atoms with Crippen molar-refractivity contribution in [2.75, 3.05) is 0 Å². The van der Waals surface area contributed by atoms with Gasteiger partial charge in [0.2, 0.25) is 0 Å². The second kappa shape index (κ2) is 4.01. The highest BCUT2D eigenvalue weighted by Crippen LogP contribution is 2.27. The number of benzene rings is 1. The highest BCUT2D eigenvalue weighted by atomic mass is 31.1. The third kappa shape index (κ3) is 2.62. The van der Waals surface area contributed by atoms with Crippen molar-refractivity contribution in [2.45, 2.75) is 0 Å². The average Bonchev–Trinajstić information content (AvgIpc) is 2.06. The van der Waals surface area contributed by atoms with Gasteiger partial charge < -0.3 is 0 Å². The fourth-order valence-corrected chi connectivity index (χ4v) is 0.904. The molecule has 1 rings (SSSR count). The Morgan fingerprint density at radius 3 is 2.45 bits per heavy atom. The van der Waals surface area contributed by atoms with Crippen LogP contribution in [0, 0.1) is 0 Å². The molecule has 0 fully saturated rings. The van der Waals surface area contributed by atoms with Crippen LogP contribution in [0.5, 0.6) is 5.75 Å². The van der Waals surface area contributed by atoms with Crippen LogP contribution in [0.3, 0.4) is 0 Å². The van der Waals surface area contributed by atoms with E-state index in [0.717, 1.165) is 0 Å². The van der Waals surface area contributed by atoms with Crippen molar-refractivity contribution in [3.8, 4) is 5.75 Å². The lowest BCUT2D eigenvalue weighted by atomic mass is 10.3. The molecule has 0 heterocycles. The minimum absolute atomic E-state index is 0.311. The Balaban J connectivity index is 2.58. The largest absolute Gasteiger partial charge is 0.785 e. The van der Waals surface area contributed by atoms with Crippen molar-refractivity contribution in [1.29, 1.82) is 0 Å². The first-order valence-electron chi connectivity index (χ1n) is 2.82. The van der Waals surface area contributed by atoms with Crippen LogP contribution in [0.2, 0.25) is 0 Å². The van der Waals surface area contributed by atoms with Crippen LogP contribution in [0.4, 0.5) is 4.53 Å². The Morgan fingerprint density at radius 1 is 1.27 bits per heavy atom. The molecule has 0 aliphatic rings. The first kappa shape index (κ1) is 8.11. The molecule has 1 atom stereocenters. The van der Waals surface area contributed by atoms with Gasteiger partial charge in [0.1, 0.15) is 4.73 Å². The van der Waals surface area contributed by atoms with Crippen LogP contribution in [0.15, 0.2) is 30.3 Å². The van der Waals surface area contributed by atoms with Crippen LogP contribution in [0.1, 0.15) is 0 Å². The summed E-state index contributed by atoms with van der Waals surface area (Å²) in [7, 11) is -2.67. The van der Waals surface area contributed by atoms with E-state index >= 15 is 0 Å². The molecule has 0 N–H and O–H groups in total. The van der Waals surface area contributed by atoms with E-state index in [2.05, 4.69) is 9.25 Å². The number of halogens is 1. The summed E-state index contributed by atoms with van der Waals surface area (Å²) in [5, 5.41) is 0. The Kier molecular flexibility index (Phi) is 2.95. The monoisotopic (exact) mass is 175 g/mol. The van der Waals surface area contributed by atoms with Gasteiger partial charge in [-0.05, 0) is 12.1 Å². The van der Waals surface area contributed by atoms with Gasteiger partial charge in [0.05, 0.1) is 0 Å². The van der Waals surface area contributed by atoms with Crippen molar-refractivity contribution in [3.63, 3.8) is 0 Å². The molecule has 1 unspecified atom stereocenters. The quantitative estimate of drug-likeness (QED) is 0.662. The molecule has 11 heavy (non-hydrogen) atoms. The summed E-state index contributed by atoms with van der Waals surface area (Å²) in [6, 6.07) is 8.21. The first-order chi connectivity index (χ1) is 5.33. The maximum absolute atomic E-state index is 11.2. The molecular formula is C6H5FO3P+. The van der Waals surface area contributed by atoms with Crippen LogP contribution < -0.4 is 4.52 Å². The van der Waals surface area contributed by atoms with Crippen molar-refractivity contribution < 1.29 is 18.3 Å². The van der Waals surface area contributed by atoms with Gasteiger partial charge in [-0.3, -0.25) is 0 Å². The maximum atomic E-state index is 11.2. The van der Waals surface area contributed by atoms with Gasteiger partial charge in [-0.1, -0.05) is 18.2 Å². The van der Waals surface area contributed by atoms with Crippen molar-refractivity contribution in [1.82, 2.24) is 0 Å². The van der Waals surface area contributed by atoms with E-state index in [1.807, 2.05) is 0 Å². The third-order valence-corrected chi connectivity index (χ3v) is 1.45. The summed E-state index contributed by atoms with van der Waals surface area (Å²) in [5.74, 6) is 0.311. The predicted octanol–water partition coefficient (Wildman–Crippen LogP) is 2.62. The molecule has 0 aliphatic heterocycles. The smallest absolute Gasteiger partial charge is 0.227 e. The number of para-hydroxylation sites is 1. The lowest BCUT2D eigenvalue weighted by molar-refractivity contribution is -0.00737. The lowest BCUT2D eigenvalue weighted by Gasteiger charge is -1.86. The molecular weight excluding hydrogens is 170 g/mol. The lowest BCUT2D eigenvalue weighted by Crippen LogP contribution is -1.78. The fourth-order valence-electron chi connectivity index (χ4n) is 0.582. The van der Waals surface area contributed by atoms with Gasteiger partial charge in [-0.25, -0.2) is 4.52 Å². The first-order valence-corrected chi connectivity index (χ1v) is 3.91. The summed E-state index contributed by atoms with van der Waals surface area (Å²) < 4.78 is 28.9. The van der Waals surface area contributed by atoms with E-state index in [1.54, 1.807) is 30.3 Å². The molecule has 0 aromatic heterocycles. The molecule has 0 spiro atoms. The molecule has 1 aromatic carbocycles. The Hall–Kier alpha value is -0.990. The van der Waals surface area contributed by atoms with E-state index in [9.17, 15) is 9.09 Å². The minimum atomic E-state index is -2.67. The molecule has 0 saturated heterocycles. The van der Waals surface area contributed by atoms with Crippen LogP contribution in [0.25, 0.3) is 0 Å². The third-order valence-electron chi connectivity index (χ3n) is 0.979. The fraction of sp³-hybridized carbons (Fsp3) is 0. The van der Waals surface area contributed by atoms with Crippen LogP contribution >= 0.6 is 8.25 Å². The second-order valence-corrected chi connectivity index (χ2v) is 2.46. The average molecular weight is 175 g/mol. The summed E-state index contributed by atoms with van der Waals surface area (Å²) in [6.07, 6.45) is 0. The normalized spacial score (nSPS) is 10.8. The van der Waals surface area contributed by atoms with Gasteiger partial charge in [0, 0.05) is 9.09 Å². The van der Waals surface area contributed by atoms with E-state index in [4.69, 9.17) is 0 Å². The summed E-state index contributed by atoms with van der Waals surface area (Å²) in [5.41, 5.74) is 0. The molecule has 5 heteroatoms. The summed E-state index contributed by atoms with van der Waals surface area (Å²) >= 11 is 0. The molecule has 0 aliphatic carbocycles. The van der Waals surface area contributed by atoms with Gasteiger partial charge in [0.15, 0.2) is 5.75 Å². The van der Waals surface area contributed by atoms with Crippen LogP contribution in [-0.2, 0) is 9.29 Å². The molecule has 0 amide bonds. The SMILES string of the molecule is O=[P+](OF)Oc1ccccc1. The van der Waals surface area contributed by atoms with Gasteiger partial charge >= 0.3 is 8.25 Å².